The van der Waals surface area contributed by atoms with E-state index in [1.807, 2.05) is 12.1 Å². The molecule has 0 spiro atoms. The molecule has 0 saturated heterocycles. The van der Waals surface area contributed by atoms with Crippen molar-refractivity contribution in [3.05, 3.63) is 35.6 Å². The number of aromatic nitrogens is 5. The molecule has 0 amide bonds. The van der Waals surface area contributed by atoms with Gasteiger partial charge in [0.05, 0.1) is 5.69 Å². The number of H-pyrrole nitrogens is 1. The molecule has 0 bridgehead atoms. The van der Waals surface area contributed by atoms with E-state index in [0.29, 0.717) is 6.04 Å². The lowest BCUT2D eigenvalue weighted by Crippen LogP contribution is -2.18. The highest BCUT2D eigenvalue weighted by molar-refractivity contribution is 7.98. The number of hydrogen-bond acceptors (Lipinski definition) is 7. The third-order valence-corrected chi connectivity index (χ3v) is 5.55. The van der Waals surface area contributed by atoms with Crippen LogP contribution in [0.3, 0.4) is 0 Å². The molecular weight excluding hydrogens is 328 g/mol. The first-order valence-corrected chi connectivity index (χ1v) is 9.29. The minimum Gasteiger partial charge on any atom is -0.348 e. The maximum absolute atomic E-state index is 4.70. The molecule has 0 radical (unpaired) electrons. The first-order chi connectivity index (χ1) is 11.3. The van der Waals surface area contributed by atoms with Crippen LogP contribution in [-0.4, -0.2) is 38.2 Å². The van der Waals surface area contributed by atoms with E-state index in [1.54, 1.807) is 35.5 Å². The summed E-state index contributed by atoms with van der Waals surface area (Å²) in [6, 6.07) is 4.54. The molecule has 8 heteroatoms. The number of rotatable bonds is 6. The van der Waals surface area contributed by atoms with Crippen molar-refractivity contribution >= 4 is 28.2 Å². The molecule has 6 nitrogen and oxygen atoms in total. The molecule has 1 aliphatic rings. The van der Waals surface area contributed by atoms with Crippen molar-refractivity contribution in [2.45, 2.75) is 29.8 Å². The lowest BCUT2D eigenvalue weighted by molar-refractivity contribution is 0.904. The molecule has 1 fully saturated rings. The number of nitrogens with zero attached hydrogens (tertiary/aromatic N) is 5. The summed E-state index contributed by atoms with van der Waals surface area (Å²) in [4.78, 5) is 15.6. The highest BCUT2D eigenvalue weighted by Crippen LogP contribution is 2.33. The van der Waals surface area contributed by atoms with Crippen molar-refractivity contribution in [3.63, 3.8) is 0 Å². The molecule has 1 aliphatic carbocycles. The fourth-order valence-corrected chi connectivity index (χ4v) is 3.88. The Kier molecular flexibility index (Phi) is 4.00. The maximum atomic E-state index is 4.70. The predicted molar refractivity (Wildman–Crippen MR) is 92.7 cm³/mol. The van der Waals surface area contributed by atoms with Crippen LogP contribution in [0.4, 0.5) is 5.13 Å². The minimum absolute atomic E-state index is 0.691. The van der Waals surface area contributed by atoms with Crippen molar-refractivity contribution < 1.29 is 0 Å². The molecule has 0 aliphatic heterocycles. The van der Waals surface area contributed by atoms with E-state index in [4.69, 9.17) is 4.98 Å². The summed E-state index contributed by atoms with van der Waals surface area (Å²) in [6.07, 6.45) is 6.09. The first-order valence-electron chi connectivity index (χ1n) is 7.42. The van der Waals surface area contributed by atoms with Gasteiger partial charge in [-0.1, -0.05) is 11.8 Å². The number of thioether (sulfide) groups is 1. The van der Waals surface area contributed by atoms with Crippen molar-refractivity contribution in [2.75, 3.05) is 11.9 Å². The normalized spacial score (nSPS) is 14.1. The van der Waals surface area contributed by atoms with Gasteiger partial charge in [0, 0.05) is 42.2 Å². The van der Waals surface area contributed by atoms with Crippen molar-refractivity contribution in [1.29, 1.82) is 0 Å². The van der Waals surface area contributed by atoms with E-state index in [0.717, 1.165) is 33.1 Å². The van der Waals surface area contributed by atoms with Crippen molar-refractivity contribution in [1.82, 2.24) is 25.1 Å². The lowest BCUT2D eigenvalue weighted by atomic mass is 10.3. The summed E-state index contributed by atoms with van der Waals surface area (Å²) in [5, 5.41) is 11.2. The number of aromatic amines is 1. The zero-order chi connectivity index (χ0) is 15.6. The maximum Gasteiger partial charge on any atom is 0.209 e. The largest absolute Gasteiger partial charge is 0.348 e. The molecule has 3 heterocycles. The Morgan fingerprint density at radius 3 is 3.09 bits per heavy atom. The second-order valence-electron chi connectivity index (χ2n) is 5.46. The van der Waals surface area contributed by atoms with Crippen molar-refractivity contribution in [3.8, 4) is 11.4 Å². The van der Waals surface area contributed by atoms with E-state index in [1.165, 1.54) is 12.8 Å². The zero-order valence-corrected chi connectivity index (χ0v) is 14.3. The van der Waals surface area contributed by atoms with Crippen LogP contribution in [0.25, 0.3) is 11.4 Å². The Hall–Kier alpha value is -1.93. The fourth-order valence-electron chi connectivity index (χ4n) is 2.22. The second kappa shape index (κ2) is 6.29. The molecule has 1 N–H and O–H groups in total. The van der Waals surface area contributed by atoms with Gasteiger partial charge in [-0.25, -0.2) is 9.97 Å². The van der Waals surface area contributed by atoms with E-state index >= 15 is 0 Å². The van der Waals surface area contributed by atoms with Gasteiger partial charge < -0.3 is 4.90 Å². The van der Waals surface area contributed by atoms with Crippen LogP contribution >= 0.6 is 23.1 Å². The molecule has 118 valence electrons. The Balaban J connectivity index is 1.39. The SMILES string of the molecule is CN(c1nc(CSc2n[nH]c(-c3cccnc3)n2)cs1)C1CC1. The van der Waals surface area contributed by atoms with Gasteiger partial charge in [0.25, 0.3) is 0 Å². The Bertz CT molecular complexity index is 780. The smallest absolute Gasteiger partial charge is 0.209 e. The number of pyridine rings is 1. The summed E-state index contributed by atoms with van der Waals surface area (Å²) in [5.41, 5.74) is 2.02. The van der Waals surface area contributed by atoms with Gasteiger partial charge in [-0.15, -0.1) is 16.4 Å². The molecule has 3 aromatic rings. The van der Waals surface area contributed by atoms with Crippen molar-refractivity contribution in [2.24, 2.45) is 0 Å². The van der Waals surface area contributed by atoms with Crippen LogP contribution < -0.4 is 4.90 Å². The summed E-state index contributed by atoms with van der Waals surface area (Å²) in [7, 11) is 2.13. The monoisotopic (exact) mass is 344 g/mol. The summed E-state index contributed by atoms with van der Waals surface area (Å²) in [5.74, 6) is 1.52. The van der Waals surface area contributed by atoms with Crippen LogP contribution in [-0.2, 0) is 5.75 Å². The highest BCUT2D eigenvalue weighted by atomic mass is 32.2. The van der Waals surface area contributed by atoms with Crippen LogP contribution in [0.2, 0.25) is 0 Å². The molecule has 0 aromatic carbocycles. The van der Waals surface area contributed by atoms with Gasteiger partial charge in [-0.3, -0.25) is 10.1 Å². The van der Waals surface area contributed by atoms with Gasteiger partial charge in [0.1, 0.15) is 0 Å². The average molecular weight is 344 g/mol. The quantitative estimate of drug-likeness (QED) is 0.692. The van der Waals surface area contributed by atoms with Gasteiger partial charge in [-0.2, -0.15) is 0 Å². The molecule has 1 saturated carbocycles. The third kappa shape index (κ3) is 3.37. The molecule has 23 heavy (non-hydrogen) atoms. The molecule has 0 unspecified atom stereocenters. The van der Waals surface area contributed by atoms with Crippen LogP contribution in [0.15, 0.2) is 35.1 Å². The van der Waals surface area contributed by atoms with Gasteiger partial charge >= 0.3 is 0 Å². The third-order valence-electron chi connectivity index (χ3n) is 3.68. The standard InChI is InChI=1S/C15H16N6S2/c1-21(12-4-5-12)15-17-11(9-23-15)8-22-14-18-13(19-20-14)10-3-2-6-16-7-10/h2-3,6-7,9,12H,4-5,8H2,1H3,(H,18,19,20). The van der Waals surface area contributed by atoms with Crippen LogP contribution in [0, 0.1) is 0 Å². The summed E-state index contributed by atoms with van der Waals surface area (Å²) in [6.45, 7) is 0. The zero-order valence-electron chi connectivity index (χ0n) is 12.6. The highest BCUT2D eigenvalue weighted by Gasteiger charge is 2.27. The summed E-state index contributed by atoms with van der Waals surface area (Å²) < 4.78 is 0. The van der Waals surface area contributed by atoms with Crippen LogP contribution in [0.5, 0.6) is 0 Å². The van der Waals surface area contributed by atoms with E-state index < -0.39 is 0 Å². The Morgan fingerprint density at radius 2 is 2.30 bits per heavy atom. The van der Waals surface area contributed by atoms with E-state index in [9.17, 15) is 0 Å². The van der Waals surface area contributed by atoms with Gasteiger partial charge in [0.15, 0.2) is 11.0 Å². The first kappa shape index (κ1) is 14.6. The summed E-state index contributed by atoms with van der Waals surface area (Å²) >= 11 is 3.30. The predicted octanol–water partition coefficient (Wildman–Crippen LogP) is 3.21. The van der Waals surface area contributed by atoms with E-state index in [2.05, 4.69) is 37.5 Å². The number of anilines is 1. The second-order valence-corrected chi connectivity index (χ2v) is 7.24. The molecule has 4 rings (SSSR count). The molecule has 3 aromatic heterocycles. The van der Waals surface area contributed by atoms with E-state index in [-0.39, 0.29) is 0 Å². The minimum atomic E-state index is 0.691. The Morgan fingerprint density at radius 1 is 1.39 bits per heavy atom. The lowest BCUT2D eigenvalue weighted by Gasteiger charge is -2.13. The molecular formula is C15H16N6S2. The topological polar surface area (TPSA) is 70.6 Å². The number of thiazole rings is 1. The number of hydrogen-bond donors (Lipinski definition) is 1. The van der Waals surface area contributed by atoms with Gasteiger partial charge in [0.2, 0.25) is 5.16 Å². The average Bonchev–Trinajstić information content (AvgIpc) is 3.15. The Labute approximate surface area is 142 Å². The van der Waals surface area contributed by atoms with Gasteiger partial charge in [-0.05, 0) is 25.0 Å². The number of nitrogens with one attached hydrogen (secondary N) is 1. The fraction of sp³-hybridized carbons (Fsp3) is 0.333. The van der Waals surface area contributed by atoms with Crippen LogP contribution in [0.1, 0.15) is 18.5 Å². The molecule has 0 atom stereocenters.